The van der Waals surface area contributed by atoms with Gasteiger partial charge in [-0.05, 0) is 85.1 Å². The molecule has 1 aromatic heterocycles. The van der Waals surface area contributed by atoms with Gasteiger partial charge in [0.15, 0.2) is 0 Å². The summed E-state index contributed by atoms with van der Waals surface area (Å²) in [4.78, 5) is 0. The van der Waals surface area contributed by atoms with Crippen LogP contribution in [0.25, 0.3) is 87.6 Å². The van der Waals surface area contributed by atoms with Crippen molar-refractivity contribution in [1.29, 1.82) is 0 Å². The van der Waals surface area contributed by atoms with Crippen molar-refractivity contribution >= 4 is 54.3 Å². The van der Waals surface area contributed by atoms with Gasteiger partial charge in [-0.15, -0.1) is 0 Å². The van der Waals surface area contributed by atoms with Gasteiger partial charge in [-0.3, -0.25) is 0 Å². The molecule has 0 aliphatic carbocycles. The van der Waals surface area contributed by atoms with Gasteiger partial charge in [-0.2, -0.15) is 0 Å². The average molecular weight is 563 g/mol. The Balaban J connectivity index is 1.20. The molecule has 0 saturated carbocycles. The Kier molecular flexibility index (Phi) is 5.46. The fraction of sp³-hybridized carbons (Fsp3) is 0.0698. The molecule has 0 N–H and O–H groups in total. The van der Waals surface area contributed by atoms with E-state index in [1.54, 1.807) is 0 Å². The van der Waals surface area contributed by atoms with Crippen molar-refractivity contribution in [3.63, 3.8) is 0 Å². The Morgan fingerprint density at radius 1 is 0.477 bits per heavy atom. The zero-order chi connectivity index (χ0) is 29.4. The monoisotopic (exact) mass is 562 g/mol. The van der Waals surface area contributed by atoms with E-state index in [2.05, 4.69) is 135 Å². The van der Waals surface area contributed by atoms with Crippen LogP contribution in [0.1, 0.15) is 18.1 Å². The van der Waals surface area contributed by atoms with Crippen molar-refractivity contribution in [1.82, 2.24) is 0 Å². The molecule has 0 unspecified atom stereocenters. The van der Waals surface area contributed by atoms with Crippen LogP contribution in [0.5, 0.6) is 0 Å². The normalized spacial score (nSPS) is 12.0. The number of para-hydroxylation sites is 2. The fourth-order valence-electron chi connectivity index (χ4n) is 7.33. The number of benzene rings is 8. The van der Waals surface area contributed by atoms with E-state index >= 15 is 0 Å². The van der Waals surface area contributed by atoms with E-state index in [-0.39, 0.29) is 0 Å². The standard InChI is InChI=1S/C43H30O/c1-3-27-23-26(2)24-32(25-27)34-20-16-31-17-21-37-33(19-15-30-18-22-38(34)42(31)41(30)37)28-11-13-29(14-12-28)35-8-6-9-39-36-7-4-5-10-40(36)44-43(35)39/h4-25H,3H2,1-2H3. The highest BCUT2D eigenvalue weighted by Crippen LogP contribution is 2.43. The van der Waals surface area contributed by atoms with Crippen LogP contribution in [0.4, 0.5) is 0 Å². The van der Waals surface area contributed by atoms with Crippen molar-refractivity contribution in [2.75, 3.05) is 0 Å². The van der Waals surface area contributed by atoms with Gasteiger partial charge in [0.2, 0.25) is 0 Å². The lowest BCUT2D eigenvalue weighted by molar-refractivity contribution is 0.670. The van der Waals surface area contributed by atoms with Gasteiger partial charge >= 0.3 is 0 Å². The molecule has 0 aliphatic heterocycles. The maximum absolute atomic E-state index is 6.34. The summed E-state index contributed by atoms with van der Waals surface area (Å²) in [5.41, 5.74) is 11.9. The molecule has 0 amide bonds. The molecule has 9 rings (SSSR count). The summed E-state index contributed by atoms with van der Waals surface area (Å²) < 4.78 is 6.34. The molecule has 1 nitrogen and oxygen atoms in total. The SMILES string of the molecule is CCc1cc(C)cc(-c2ccc3ccc4c(-c5ccc(-c6cccc7c6oc6ccccc67)cc5)ccc5ccc2c3c54)c1. The van der Waals surface area contributed by atoms with Crippen LogP contribution in [0.3, 0.4) is 0 Å². The molecule has 1 heteroatoms. The van der Waals surface area contributed by atoms with Gasteiger partial charge in [0.1, 0.15) is 11.2 Å². The van der Waals surface area contributed by atoms with Crippen molar-refractivity contribution < 1.29 is 4.42 Å². The van der Waals surface area contributed by atoms with Crippen LogP contribution < -0.4 is 0 Å². The molecule has 0 atom stereocenters. The third-order valence-corrected chi connectivity index (χ3v) is 9.43. The summed E-state index contributed by atoms with van der Waals surface area (Å²) in [7, 11) is 0. The third-order valence-electron chi connectivity index (χ3n) is 9.43. The first kappa shape index (κ1) is 25.1. The summed E-state index contributed by atoms with van der Waals surface area (Å²) in [6, 6.07) is 49.1. The Labute approximate surface area is 256 Å². The molecule has 0 saturated heterocycles. The highest BCUT2D eigenvalue weighted by Gasteiger charge is 2.16. The predicted molar refractivity (Wildman–Crippen MR) is 188 cm³/mol. The molecule has 0 spiro atoms. The zero-order valence-electron chi connectivity index (χ0n) is 24.8. The Bertz CT molecular complexity index is 2530. The van der Waals surface area contributed by atoms with Crippen molar-refractivity contribution in [2.24, 2.45) is 0 Å². The number of hydrogen-bond acceptors (Lipinski definition) is 1. The van der Waals surface area contributed by atoms with Gasteiger partial charge in [0.05, 0.1) is 0 Å². The molecular weight excluding hydrogens is 532 g/mol. The van der Waals surface area contributed by atoms with Crippen LogP contribution in [0.2, 0.25) is 0 Å². The summed E-state index contributed by atoms with van der Waals surface area (Å²) in [5, 5.41) is 10.2. The quantitative estimate of drug-likeness (QED) is 0.194. The van der Waals surface area contributed by atoms with Crippen LogP contribution >= 0.6 is 0 Å². The Hall–Kier alpha value is -5.40. The first-order valence-corrected chi connectivity index (χ1v) is 15.5. The minimum Gasteiger partial charge on any atom is -0.455 e. The van der Waals surface area contributed by atoms with Crippen LogP contribution in [0, 0.1) is 6.92 Å². The largest absolute Gasteiger partial charge is 0.455 e. The van der Waals surface area contributed by atoms with Gasteiger partial charge < -0.3 is 4.42 Å². The van der Waals surface area contributed by atoms with Crippen molar-refractivity contribution in [3.05, 3.63) is 145 Å². The number of rotatable bonds is 4. The summed E-state index contributed by atoms with van der Waals surface area (Å²) in [5.74, 6) is 0. The summed E-state index contributed by atoms with van der Waals surface area (Å²) in [6.07, 6.45) is 1.04. The molecule has 8 aromatic carbocycles. The second-order valence-corrected chi connectivity index (χ2v) is 12.1. The minimum absolute atomic E-state index is 0.927. The van der Waals surface area contributed by atoms with E-state index in [0.29, 0.717) is 0 Å². The molecule has 0 aliphatic rings. The summed E-state index contributed by atoms with van der Waals surface area (Å²) >= 11 is 0. The average Bonchev–Trinajstić information content (AvgIpc) is 3.46. The maximum Gasteiger partial charge on any atom is 0.143 e. The van der Waals surface area contributed by atoms with Gasteiger partial charge in [0, 0.05) is 16.3 Å². The number of furan rings is 1. The Morgan fingerprint density at radius 2 is 1.09 bits per heavy atom. The van der Waals surface area contributed by atoms with Crippen molar-refractivity contribution in [3.8, 4) is 33.4 Å². The first-order chi connectivity index (χ1) is 21.7. The number of fused-ring (bicyclic) bond motifs is 3. The lowest BCUT2D eigenvalue weighted by atomic mass is 9.86. The molecule has 44 heavy (non-hydrogen) atoms. The molecule has 0 bridgehead atoms. The summed E-state index contributed by atoms with van der Waals surface area (Å²) in [6.45, 7) is 4.43. The zero-order valence-corrected chi connectivity index (χ0v) is 24.8. The lowest BCUT2D eigenvalue weighted by Crippen LogP contribution is -1.91. The van der Waals surface area contributed by atoms with E-state index in [4.69, 9.17) is 4.42 Å². The number of hydrogen-bond donors (Lipinski definition) is 0. The predicted octanol–water partition coefficient (Wildman–Crippen LogP) is 12.4. The molecule has 0 radical (unpaired) electrons. The Morgan fingerprint density at radius 3 is 1.80 bits per heavy atom. The highest BCUT2D eigenvalue weighted by atomic mass is 16.3. The van der Waals surface area contributed by atoms with Crippen molar-refractivity contribution in [2.45, 2.75) is 20.3 Å². The molecule has 208 valence electrons. The van der Waals surface area contributed by atoms with E-state index in [9.17, 15) is 0 Å². The third kappa shape index (κ3) is 3.72. The minimum atomic E-state index is 0.927. The maximum atomic E-state index is 6.34. The van der Waals surface area contributed by atoms with E-state index in [1.165, 1.54) is 65.7 Å². The lowest BCUT2D eigenvalue weighted by Gasteiger charge is -2.17. The molecular formula is C43H30O. The van der Waals surface area contributed by atoms with Crippen LogP contribution in [-0.4, -0.2) is 0 Å². The van der Waals surface area contributed by atoms with Crippen LogP contribution in [-0.2, 0) is 6.42 Å². The van der Waals surface area contributed by atoms with Gasteiger partial charge in [-0.25, -0.2) is 0 Å². The second kappa shape index (κ2) is 9.56. The smallest absolute Gasteiger partial charge is 0.143 e. The fourth-order valence-corrected chi connectivity index (χ4v) is 7.33. The van der Waals surface area contributed by atoms with E-state index < -0.39 is 0 Å². The molecule has 9 aromatic rings. The number of aryl methyl sites for hydroxylation is 2. The molecule has 0 fully saturated rings. The molecule has 1 heterocycles. The van der Waals surface area contributed by atoms with Gasteiger partial charge in [0.25, 0.3) is 0 Å². The topological polar surface area (TPSA) is 13.1 Å². The van der Waals surface area contributed by atoms with Gasteiger partial charge in [-0.1, -0.05) is 140 Å². The first-order valence-electron chi connectivity index (χ1n) is 15.5. The van der Waals surface area contributed by atoms with E-state index in [1.807, 2.05) is 12.1 Å². The van der Waals surface area contributed by atoms with Crippen LogP contribution in [0.15, 0.2) is 138 Å². The van der Waals surface area contributed by atoms with E-state index in [0.717, 1.165) is 39.5 Å². The highest BCUT2D eigenvalue weighted by molar-refractivity contribution is 6.27. The second-order valence-electron chi connectivity index (χ2n) is 12.1.